The van der Waals surface area contributed by atoms with Gasteiger partial charge in [0, 0.05) is 31.7 Å². The fourth-order valence-corrected chi connectivity index (χ4v) is 1.94. The summed E-state index contributed by atoms with van der Waals surface area (Å²) in [6.45, 7) is 2.39. The molecule has 0 saturated carbocycles. The predicted octanol–water partition coefficient (Wildman–Crippen LogP) is -0.337. The molecule has 1 atom stereocenters. The van der Waals surface area contributed by atoms with Gasteiger partial charge in [-0.1, -0.05) is 0 Å². The monoisotopic (exact) mass is 238 g/mol. The van der Waals surface area contributed by atoms with Crippen LogP contribution in [-0.4, -0.2) is 35.8 Å². The second-order valence-electron chi connectivity index (χ2n) is 4.24. The Kier molecular flexibility index (Phi) is 4.11. The zero-order valence-electron chi connectivity index (χ0n) is 9.74. The van der Waals surface area contributed by atoms with Crippen LogP contribution in [0.25, 0.3) is 0 Å². The van der Waals surface area contributed by atoms with Crippen molar-refractivity contribution < 1.29 is 4.74 Å². The molecular formula is C11H18N4O2. The lowest BCUT2D eigenvalue weighted by Gasteiger charge is -2.23. The molecule has 1 aromatic rings. The number of ether oxygens (including phenoxy) is 1. The zero-order chi connectivity index (χ0) is 12.1. The molecule has 1 aromatic heterocycles. The molecule has 1 saturated heterocycles. The van der Waals surface area contributed by atoms with E-state index in [2.05, 4.69) is 15.3 Å². The van der Waals surface area contributed by atoms with Crippen molar-refractivity contribution in [2.45, 2.75) is 25.3 Å². The van der Waals surface area contributed by atoms with E-state index in [-0.39, 0.29) is 11.4 Å². The predicted molar refractivity (Wildman–Crippen MR) is 64.8 cm³/mol. The number of nitrogens with one attached hydrogen (secondary N) is 2. The first-order valence-corrected chi connectivity index (χ1v) is 5.91. The lowest BCUT2D eigenvalue weighted by molar-refractivity contribution is 0.0707. The molecule has 0 bridgehead atoms. The lowest BCUT2D eigenvalue weighted by atomic mass is 10.1. The Morgan fingerprint density at radius 2 is 2.53 bits per heavy atom. The number of rotatable bonds is 4. The third-order valence-electron chi connectivity index (χ3n) is 2.77. The smallest absolute Gasteiger partial charge is 0.252 e. The summed E-state index contributed by atoms with van der Waals surface area (Å²) in [7, 11) is 0. The van der Waals surface area contributed by atoms with Crippen LogP contribution in [0.15, 0.2) is 10.9 Å². The standard InChI is InChI=1S/C11H18N4O2/c12-9-6-11(16)15-10(14-9)3-4-13-8-2-1-5-17-7-8/h6,8,13H,1-5,7H2,(H3,12,14,15,16)/t8-/m1/s1. The van der Waals surface area contributed by atoms with Crippen LogP contribution in [0.1, 0.15) is 18.7 Å². The third kappa shape index (κ3) is 3.83. The Morgan fingerprint density at radius 3 is 3.24 bits per heavy atom. The van der Waals surface area contributed by atoms with E-state index in [1.54, 1.807) is 0 Å². The van der Waals surface area contributed by atoms with Gasteiger partial charge in [-0.05, 0) is 12.8 Å². The number of nitrogen functional groups attached to an aromatic ring is 1. The van der Waals surface area contributed by atoms with Crippen molar-refractivity contribution in [3.8, 4) is 0 Å². The van der Waals surface area contributed by atoms with E-state index in [9.17, 15) is 4.79 Å². The summed E-state index contributed by atoms with van der Waals surface area (Å²) < 4.78 is 5.37. The molecule has 0 amide bonds. The highest BCUT2D eigenvalue weighted by atomic mass is 16.5. The van der Waals surface area contributed by atoms with Crippen molar-refractivity contribution in [2.24, 2.45) is 0 Å². The average Bonchev–Trinajstić information content (AvgIpc) is 2.29. The molecule has 2 rings (SSSR count). The first-order valence-electron chi connectivity index (χ1n) is 5.91. The van der Waals surface area contributed by atoms with Gasteiger partial charge in [-0.15, -0.1) is 0 Å². The molecule has 0 unspecified atom stereocenters. The van der Waals surface area contributed by atoms with Gasteiger partial charge in [0.05, 0.1) is 6.61 Å². The maximum absolute atomic E-state index is 11.2. The van der Waals surface area contributed by atoms with E-state index < -0.39 is 0 Å². The number of nitrogens with zero attached hydrogens (tertiary/aromatic N) is 1. The number of nitrogens with two attached hydrogens (primary N) is 1. The van der Waals surface area contributed by atoms with Crippen molar-refractivity contribution in [3.05, 3.63) is 22.2 Å². The minimum Gasteiger partial charge on any atom is -0.383 e. The molecule has 4 N–H and O–H groups in total. The van der Waals surface area contributed by atoms with Crippen molar-refractivity contribution in [3.63, 3.8) is 0 Å². The SMILES string of the molecule is Nc1cc(=O)[nH]c(CCN[C@@H]2CCCOC2)n1. The van der Waals surface area contributed by atoms with Gasteiger partial charge in [0.25, 0.3) is 5.56 Å². The van der Waals surface area contributed by atoms with Crippen molar-refractivity contribution in [1.29, 1.82) is 0 Å². The van der Waals surface area contributed by atoms with E-state index >= 15 is 0 Å². The fraction of sp³-hybridized carbons (Fsp3) is 0.636. The van der Waals surface area contributed by atoms with Crippen LogP contribution >= 0.6 is 0 Å². The second kappa shape index (κ2) is 5.79. The largest absolute Gasteiger partial charge is 0.383 e. The number of hydrogen-bond donors (Lipinski definition) is 3. The quantitative estimate of drug-likeness (QED) is 0.667. The Labute approximate surface area is 99.6 Å². The minimum absolute atomic E-state index is 0.200. The first kappa shape index (κ1) is 12.1. The highest BCUT2D eigenvalue weighted by Gasteiger charge is 2.12. The van der Waals surface area contributed by atoms with Gasteiger partial charge in [0.15, 0.2) is 0 Å². The molecule has 0 aromatic carbocycles. The maximum atomic E-state index is 11.2. The lowest BCUT2D eigenvalue weighted by Crippen LogP contribution is -2.38. The summed E-state index contributed by atoms with van der Waals surface area (Å²) in [4.78, 5) is 17.9. The van der Waals surface area contributed by atoms with Gasteiger partial charge in [0.1, 0.15) is 11.6 Å². The zero-order valence-corrected chi connectivity index (χ0v) is 9.74. The highest BCUT2D eigenvalue weighted by molar-refractivity contribution is 5.25. The molecule has 0 radical (unpaired) electrons. The Balaban J connectivity index is 1.79. The number of hydrogen-bond acceptors (Lipinski definition) is 5. The molecule has 1 fully saturated rings. The molecule has 94 valence electrons. The number of anilines is 1. The van der Waals surface area contributed by atoms with E-state index in [0.29, 0.717) is 18.3 Å². The van der Waals surface area contributed by atoms with Crippen LogP contribution in [0, 0.1) is 0 Å². The van der Waals surface area contributed by atoms with Crippen LogP contribution in [0.5, 0.6) is 0 Å². The summed E-state index contributed by atoms with van der Waals surface area (Å²) in [5.41, 5.74) is 5.30. The number of aromatic amines is 1. The molecule has 17 heavy (non-hydrogen) atoms. The molecule has 1 aliphatic rings. The molecule has 6 nitrogen and oxygen atoms in total. The van der Waals surface area contributed by atoms with Crippen LogP contribution < -0.4 is 16.6 Å². The fourth-order valence-electron chi connectivity index (χ4n) is 1.94. The van der Waals surface area contributed by atoms with Crippen molar-refractivity contribution >= 4 is 5.82 Å². The van der Waals surface area contributed by atoms with Crippen molar-refractivity contribution in [1.82, 2.24) is 15.3 Å². The van der Waals surface area contributed by atoms with Crippen LogP contribution in [-0.2, 0) is 11.2 Å². The van der Waals surface area contributed by atoms with Crippen molar-refractivity contribution in [2.75, 3.05) is 25.5 Å². The van der Waals surface area contributed by atoms with Gasteiger partial charge in [0.2, 0.25) is 0 Å². The van der Waals surface area contributed by atoms with Crippen LogP contribution in [0.4, 0.5) is 5.82 Å². The average molecular weight is 238 g/mol. The molecule has 0 spiro atoms. The summed E-state index contributed by atoms with van der Waals surface area (Å²) in [5, 5.41) is 3.38. The third-order valence-corrected chi connectivity index (χ3v) is 2.77. The molecular weight excluding hydrogens is 220 g/mol. The molecule has 2 heterocycles. The van der Waals surface area contributed by atoms with E-state index in [1.807, 2.05) is 0 Å². The molecule has 0 aliphatic carbocycles. The van der Waals surface area contributed by atoms with Crippen LogP contribution in [0.2, 0.25) is 0 Å². The van der Waals surface area contributed by atoms with E-state index in [1.165, 1.54) is 6.07 Å². The topological polar surface area (TPSA) is 93.0 Å². The highest BCUT2D eigenvalue weighted by Crippen LogP contribution is 2.05. The normalized spacial score (nSPS) is 20.4. The number of aromatic nitrogens is 2. The van der Waals surface area contributed by atoms with Gasteiger partial charge in [-0.2, -0.15) is 0 Å². The van der Waals surface area contributed by atoms with E-state index in [4.69, 9.17) is 10.5 Å². The summed E-state index contributed by atoms with van der Waals surface area (Å²) in [6.07, 6.45) is 2.91. The van der Waals surface area contributed by atoms with Gasteiger partial charge in [-0.25, -0.2) is 4.98 Å². The summed E-state index contributed by atoms with van der Waals surface area (Å²) >= 11 is 0. The Morgan fingerprint density at radius 1 is 1.65 bits per heavy atom. The molecule has 6 heteroatoms. The van der Waals surface area contributed by atoms with Gasteiger partial charge < -0.3 is 20.8 Å². The van der Waals surface area contributed by atoms with E-state index in [0.717, 1.165) is 32.6 Å². The maximum Gasteiger partial charge on any atom is 0.252 e. The Hall–Kier alpha value is -1.40. The van der Waals surface area contributed by atoms with Gasteiger partial charge >= 0.3 is 0 Å². The minimum atomic E-state index is -0.200. The summed E-state index contributed by atoms with van der Waals surface area (Å²) in [5.74, 6) is 0.893. The molecule has 1 aliphatic heterocycles. The Bertz CT molecular complexity index is 412. The second-order valence-corrected chi connectivity index (χ2v) is 4.24. The van der Waals surface area contributed by atoms with Gasteiger partial charge in [-0.3, -0.25) is 4.79 Å². The van der Waals surface area contributed by atoms with Crippen LogP contribution in [0.3, 0.4) is 0 Å². The first-order chi connectivity index (χ1) is 8.24. The summed E-state index contributed by atoms with van der Waals surface area (Å²) in [6, 6.07) is 1.70. The number of H-pyrrole nitrogens is 1.